The van der Waals surface area contributed by atoms with Crippen molar-refractivity contribution in [2.24, 2.45) is 0 Å². The fraction of sp³-hybridized carbons (Fsp3) is 0.448. The van der Waals surface area contributed by atoms with Gasteiger partial charge in [-0.15, -0.1) is 5.10 Å². The number of aromatic nitrogens is 3. The van der Waals surface area contributed by atoms with Crippen molar-refractivity contribution in [1.82, 2.24) is 29.7 Å². The van der Waals surface area contributed by atoms with Crippen molar-refractivity contribution < 1.29 is 27.5 Å². The summed E-state index contributed by atoms with van der Waals surface area (Å²) < 4.78 is 45.0. The first-order chi connectivity index (χ1) is 20.2. The highest BCUT2D eigenvalue weighted by molar-refractivity contribution is 5.95. The standard InChI is InChI=1S/C29H32F3N7O3/c30-29(31,32)11-7-25(40)37-14-9-19(10-15-37)22-2-1-13-39-26(22)35-28(36-39)34-21-5-3-20(4-6-21)27(41)38-16-17-42-24-8-12-33-18-23(24)38/h1-6,9,13,23-24,33H,7-8,10-12,14-18H2,(H,34,36). The van der Waals surface area contributed by atoms with E-state index in [2.05, 4.69) is 20.7 Å². The Balaban J connectivity index is 1.12. The molecule has 0 aliphatic carbocycles. The molecule has 3 aliphatic rings. The van der Waals surface area contributed by atoms with Crippen LogP contribution in [-0.2, 0) is 9.53 Å². The van der Waals surface area contributed by atoms with Crippen LogP contribution in [0.25, 0.3) is 11.2 Å². The molecule has 0 saturated carbocycles. The maximum atomic E-state index is 13.3. The Morgan fingerprint density at radius 1 is 1.14 bits per heavy atom. The summed E-state index contributed by atoms with van der Waals surface area (Å²) in [6.07, 6.45) is -0.880. The Hall–Kier alpha value is -3.97. The Labute approximate surface area is 240 Å². The zero-order chi connectivity index (χ0) is 29.3. The number of piperidine rings is 1. The molecule has 2 unspecified atom stereocenters. The third-order valence-electron chi connectivity index (χ3n) is 7.99. The number of rotatable bonds is 6. The van der Waals surface area contributed by atoms with Gasteiger partial charge in [0.25, 0.3) is 5.91 Å². The number of amides is 2. The quantitative estimate of drug-likeness (QED) is 0.457. The number of ether oxygens (including phenoxy) is 1. The number of halogens is 3. The number of alkyl halides is 3. The van der Waals surface area contributed by atoms with E-state index in [0.717, 1.165) is 36.3 Å². The van der Waals surface area contributed by atoms with E-state index >= 15 is 0 Å². The van der Waals surface area contributed by atoms with E-state index in [-0.39, 0.29) is 24.6 Å². The van der Waals surface area contributed by atoms with Crippen LogP contribution in [-0.4, -0.2) is 93.9 Å². The van der Waals surface area contributed by atoms with E-state index in [0.29, 0.717) is 43.3 Å². The minimum atomic E-state index is -4.35. The molecule has 0 bridgehead atoms. The second-order valence-electron chi connectivity index (χ2n) is 10.7. The topological polar surface area (TPSA) is 104 Å². The fourth-order valence-corrected chi connectivity index (χ4v) is 5.79. The van der Waals surface area contributed by atoms with Crippen LogP contribution in [0.3, 0.4) is 0 Å². The molecule has 42 heavy (non-hydrogen) atoms. The lowest BCUT2D eigenvalue weighted by Gasteiger charge is -2.44. The minimum Gasteiger partial charge on any atom is -0.374 e. The van der Waals surface area contributed by atoms with Crippen LogP contribution in [0.15, 0.2) is 48.7 Å². The summed E-state index contributed by atoms with van der Waals surface area (Å²) in [6, 6.07) is 11.0. The third-order valence-corrected chi connectivity index (χ3v) is 7.99. The molecule has 2 saturated heterocycles. The molecule has 2 amide bonds. The molecular formula is C29H32F3N7O3. The highest BCUT2D eigenvalue weighted by Crippen LogP contribution is 2.28. The molecule has 10 nitrogen and oxygen atoms in total. The van der Waals surface area contributed by atoms with Crippen LogP contribution in [0.2, 0.25) is 0 Å². The van der Waals surface area contributed by atoms with Crippen LogP contribution < -0.4 is 10.6 Å². The van der Waals surface area contributed by atoms with Gasteiger partial charge in [-0.05, 0) is 61.4 Å². The minimum absolute atomic E-state index is 0.0135. The number of carbonyl (C=O) groups is 2. The van der Waals surface area contributed by atoms with E-state index in [1.807, 2.05) is 35.2 Å². The smallest absolute Gasteiger partial charge is 0.374 e. The van der Waals surface area contributed by atoms with Gasteiger partial charge in [0, 0.05) is 55.6 Å². The first-order valence-electron chi connectivity index (χ1n) is 14.1. The Kier molecular flexibility index (Phi) is 7.86. The average Bonchev–Trinajstić information content (AvgIpc) is 3.42. The number of benzene rings is 1. The number of carbonyl (C=O) groups excluding carboxylic acids is 2. The van der Waals surface area contributed by atoms with Crippen LogP contribution >= 0.6 is 0 Å². The summed E-state index contributed by atoms with van der Waals surface area (Å²) >= 11 is 0. The predicted molar refractivity (Wildman–Crippen MR) is 149 cm³/mol. The van der Waals surface area contributed by atoms with Crippen molar-refractivity contribution in [2.45, 2.75) is 44.0 Å². The normalized spacial score (nSPS) is 21.2. The molecule has 1 aromatic carbocycles. The van der Waals surface area contributed by atoms with Crippen molar-refractivity contribution in [3.05, 3.63) is 59.8 Å². The van der Waals surface area contributed by atoms with Gasteiger partial charge in [0.15, 0.2) is 5.65 Å². The molecule has 2 atom stereocenters. The highest BCUT2D eigenvalue weighted by Gasteiger charge is 2.37. The molecule has 5 heterocycles. The summed E-state index contributed by atoms with van der Waals surface area (Å²) in [4.78, 5) is 33.5. The van der Waals surface area contributed by atoms with E-state index in [1.54, 1.807) is 22.8 Å². The van der Waals surface area contributed by atoms with Gasteiger partial charge in [0.05, 0.1) is 25.2 Å². The van der Waals surface area contributed by atoms with Gasteiger partial charge in [0.1, 0.15) is 0 Å². The lowest BCUT2D eigenvalue weighted by molar-refractivity contribution is -0.148. The molecule has 2 N–H and O–H groups in total. The Morgan fingerprint density at radius 3 is 2.74 bits per heavy atom. The molecule has 3 aromatic rings. The van der Waals surface area contributed by atoms with Gasteiger partial charge in [-0.3, -0.25) is 9.59 Å². The van der Waals surface area contributed by atoms with Crippen LogP contribution in [0.4, 0.5) is 24.8 Å². The lowest BCUT2D eigenvalue weighted by atomic mass is 9.99. The maximum Gasteiger partial charge on any atom is 0.389 e. The first-order valence-corrected chi connectivity index (χ1v) is 14.1. The molecular weight excluding hydrogens is 551 g/mol. The van der Waals surface area contributed by atoms with Crippen molar-refractivity contribution in [3.8, 4) is 0 Å². The average molecular weight is 584 g/mol. The van der Waals surface area contributed by atoms with Gasteiger partial charge in [-0.2, -0.15) is 18.2 Å². The molecule has 13 heteroatoms. The molecule has 2 fully saturated rings. The number of morpholine rings is 1. The summed E-state index contributed by atoms with van der Waals surface area (Å²) in [5.41, 5.74) is 3.77. The second-order valence-corrected chi connectivity index (χ2v) is 10.7. The highest BCUT2D eigenvalue weighted by atomic mass is 19.4. The second kappa shape index (κ2) is 11.7. The van der Waals surface area contributed by atoms with Crippen molar-refractivity contribution in [3.63, 3.8) is 0 Å². The van der Waals surface area contributed by atoms with Gasteiger partial charge in [-0.1, -0.05) is 6.08 Å². The number of fused-ring (bicyclic) bond motifs is 2. The molecule has 222 valence electrons. The van der Waals surface area contributed by atoms with Crippen LogP contribution in [0.1, 0.15) is 41.6 Å². The monoisotopic (exact) mass is 583 g/mol. The van der Waals surface area contributed by atoms with Crippen molar-refractivity contribution in [2.75, 3.05) is 44.6 Å². The van der Waals surface area contributed by atoms with E-state index < -0.39 is 24.9 Å². The number of pyridine rings is 1. The number of anilines is 2. The summed E-state index contributed by atoms with van der Waals surface area (Å²) in [6.45, 7) is 3.33. The number of hydrogen-bond acceptors (Lipinski definition) is 7. The third kappa shape index (κ3) is 6.12. The van der Waals surface area contributed by atoms with Crippen molar-refractivity contribution in [1.29, 1.82) is 0 Å². The maximum absolute atomic E-state index is 13.3. The first kappa shape index (κ1) is 28.2. The number of nitrogens with zero attached hydrogens (tertiary/aromatic N) is 5. The molecule has 3 aliphatic heterocycles. The van der Waals surface area contributed by atoms with E-state index in [1.165, 1.54) is 4.90 Å². The van der Waals surface area contributed by atoms with Crippen molar-refractivity contribution >= 4 is 34.7 Å². The number of hydrogen-bond donors (Lipinski definition) is 2. The van der Waals surface area contributed by atoms with Gasteiger partial charge in [0.2, 0.25) is 11.9 Å². The zero-order valence-corrected chi connectivity index (χ0v) is 22.9. The predicted octanol–water partition coefficient (Wildman–Crippen LogP) is 3.63. The Bertz CT molecular complexity index is 1490. The summed E-state index contributed by atoms with van der Waals surface area (Å²) in [7, 11) is 0. The van der Waals surface area contributed by atoms with Crippen LogP contribution in [0.5, 0.6) is 0 Å². The largest absolute Gasteiger partial charge is 0.389 e. The zero-order valence-electron chi connectivity index (χ0n) is 22.9. The van der Waals surface area contributed by atoms with Gasteiger partial charge >= 0.3 is 6.18 Å². The van der Waals surface area contributed by atoms with Crippen LogP contribution in [0, 0.1) is 0 Å². The summed E-state index contributed by atoms with van der Waals surface area (Å²) in [5, 5.41) is 11.1. The van der Waals surface area contributed by atoms with E-state index in [9.17, 15) is 22.8 Å². The Morgan fingerprint density at radius 2 is 1.98 bits per heavy atom. The summed E-state index contributed by atoms with van der Waals surface area (Å²) in [5.74, 6) is -0.130. The van der Waals surface area contributed by atoms with Gasteiger partial charge < -0.3 is 25.2 Å². The molecule has 6 rings (SSSR count). The fourth-order valence-electron chi connectivity index (χ4n) is 5.79. The molecule has 0 radical (unpaired) electrons. The molecule has 2 aromatic heterocycles. The SMILES string of the molecule is O=C(CCC(F)(F)F)N1CC=C(c2cccn3nc(Nc4ccc(C(=O)N5CCOC6CCNCC65)cc4)nc23)CC1. The molecule has 0 spiro atoms. The number of nitrogens with one attached hydrogen (secondary N) is 2. The van der Waals surface area contributed by atoms with Gasteiger partial charge in [-0.25, -0.2) is 4.52 Å². The van der Waals surface area contributed by atoms with E-state index in [4.69, 9.17) is 4.74 Å². The lowest BCUT2D eigenvalue weighted by Crippen LogP contribution is -2.60.